The van der Waals surface area contributed by atoms with Crippen LogP contribution in [0.1, 0.15) is 30.1 Å². The molecule has 2 aromatic heterocycles. The third-order valence-electron chi connectivity index (χ3n) is 4.70. The molecule has 1 unspecified atom stereocenters. The summed E-state index contributed by atoms with van der Waals surface area (Å²) in [6.07, 6.45) is 7.93. The molecule has 3 heterocycles. The Labute approximate surface area is 146 Å². The number of para-hydroxylation sites is 2. The molecule has 1 atom stereocenters. The number of likely N-dealkylation sites (tertiary alicyclic amines) is 1. The van der Waals surface area contributed by atoms with Crippen LogP contribution in [0, 0.1) is 0 Å². The van der Waals surface area contributed by atoms with Crippen LogP contribution in [-0.2, 0) is 6.54 Å². The van der Waals surface area contributed by atoms with Crippen LogP contribution in [0.25, 0.3) is 5.69 Å². The first kappa shape index (κ1) is 15.8. The number of piperidine rings is 1. The molecule has 0 bridgehead atoms. The van der Waals surface area contributed by atoms with Crippen molar-refractivity contribution >= 4 is 0 Å². The SMILES string of the molecule is COc1ccccc1-n1cc(CN2CCCC(c3ncn[nH]3)C2)cn1. The molecular formula is C18H22N6O. The first-order valence-electron chi connectivity index (χ1n) is 8.58. The van der Waals surface area contributed by atoms with Gasteiger partial charge < -0.3 is 4.74 Å². The summed E-state index contributed by atoms with van der Waals surface area (Å²) >= 11 is 0. The molecule has 7 nitrogen and oxygen atoms in total. The van der Waals surface area contributed by atoms with E-state index in [1.54, 1.807) is 13.4 Å². The molecule has 0 radical (unpaired) electrons. The number of rotatable bonds is 5. The number of hydrogen-bond donors (Lipinski definition) is 1. The number of aromatic nitrogens is 5. The fraction of sp³-hybridized carbons (Fsp3) is 0.389. The molecular weight excluding hydrogens is 316 g/mol. The van der Waals surface area contributed by atoms with E-state index < -0.39 is 0 Å². The second kappa shape index (κ2) is 7.06. The predicted molar refractivity (Wildman–Crippen MR) is 93.8 cm³/mol. The quantitative estimate of drug-likeness (QED) is 0.773. The topological polar surface area (TPSA) is 71.9 Å². The fourth-order valence-electron chi connectivity index (χ4n) is 3.48. The summed E-state index contributed by atoms with van der Waals surface area (Å²) in [5.41, 5.74) is 2.15. The van der Waals surface area contributed by atoms with Gasteiger partial charge in [0.05, 0.1) is 13.3 Å². The molecule has 0 spiro atoms. The Morgan fingerprint density at radius 3 is 3.08 bits per heavy atom. The van der Waals surface area contributed by atoms with Gasteiger partial charge >= 0.3 is 0 Å². The van der Waals surface area contributed by atoms with Crippen LogP contribution >= 0.6 is 0 Å². The molecule has 0 aliphatic carbocycles. The zero-order valence-electron chi connectivity index (χ0n) is 14.3. The van der Waals surface area contributed by atoms with Crippen molar-refractivity contribution in [2.24, 2.45) is 0 Å². The summed E-state index contributed by atoms with van der Waals surface area (Å²) in [5, 5.41) is 11.5. The lowest BCUT2D eigenvalue weighted by atomic mass is 9.97. The largest absolute Gasteiger partial charge is 0.494 e. The van der Waals surface area contributed by atoms with Crippen LogP contribution in [0.15, 0.2) is 43.0 Å². The Kier molecular flexibility index (Phi) is 4.47. The summed E-state index contributed by atoms with van der Waals surface area (Å²) in [4.78, 5) is 6.78. The molecule has 1 fully saturated rings. The molecule has 1 aliphatic rings. The number of benzene rings is 1. The summed E-state index contributed by atoms with van der Waals surface area (Å²) < 4.78 is 7.31. The second-order valence-corrected chi connectivity index (χ2v) is 6.41. The molecule has 1 saturated heterocycles. The molecule has 1 aromatic carbocycles. The molecule has 0 amide bonds. The third-order valence-corrected chi connectivity index (χ3v) is 4.70. The van der Waals surface area contributed by atoms with Crippen LogP contribution in [0.4, 0.5) is 0 Å². The number of H-pyrrole nitrogens is 1. The van der Waals surface area contributed by atoms with Gasteiger partial charge in [0.25, 0.3) is 0 Å². The molecule has 25 heavy (non-hydrogen) atoms. The third kappa shape index (κ3) is 3.41. The van der Waals surface area contributed by atoms with E-state index in [0.717, 1.165) is 43.3 Å². The number of nitrogens with zero attached hydrogens (tertiary/aromatic N) is 5. The smallest absolute Gasteiger partial charge is 0.144 e. The van der Waals surface area contributed by atoms with E-state index in [9.17, 15) is 0 Å². The van der Waals surface area contributed by atoms with Crippen molar-refractivity contribution in [3.8, 4) is 11.4 Å². The average Bonchev–Trinajstić information content (AvgIpc) is 3.34. The highest BCUT2D eigenvalue weighted by molar-refractivity contribution is 5.46. The summed E-state index contributed by atoms with van der Waals surface area (Å²) in [7, 11) is 1.68. The van der Waals surface area contributed by atoms with Crippen LogP contribution in [-0.4, -0.2) is 50.1 Å². The van der Waals surface area contributed by atoms with Crippen LogP contribution in [0.5, 0.6) is 5.75 Å². The fourth-order valence-corrected chi connectivity index (χ4v) is 3.48. The van der Waals surface area contributed by atoms with Crippen molar-refractivity contribution in [2.45, 2.75) is 25.3 Å². The zero-order valence-corrected chi connectivity index (χ0v) is 14.3. The monoisotopic (exact) mass is 338 g/mol. The van der Waals surface area contributed by atoms with E-state index in [1.165, 1.54) is 12.0 Å². The van der Waals surface area contributed by atoms with Crippen LogP contribution < -0.4 is 4.74 Å². The highest BCUT2D eigenvalue weighted by Crippen LogP contribution is 2.26. The predicted octanol–water partition coefficient (Wildman–Crippen LogP) is 2.38. The van der Waals surface area contributed by atoms with Crippen molar-refractivity contribution in [2.75, 3.05) is 20.2 Å². The number of aromatic amines is 1. The summed E-state index contributed by atoms with van der Waals surface area (Å²) in [6, 6.07) is 7.91. The molecule has 7 heteroatoms. The lowest BCUT2D eigenvalue weighted by molar-refractivity contribution is 0.196. The van der Waals surface area contributed by atoms with Crippen LogP contribution in [0.3, 0.4) is 0 Å². The van der Waals surface area contributed by atoms with Gasteiger partial charge in [0.1, 0.15) is 23.6 Å². The van der Waals surface area contributed by atoms with Gasteiger partial charge in [-0.05, 0) is 31.5 Å². The summed E-state index contributed by atoms with van der Waals surface area (Å²) in [6.45, 7) is 2.99. The number of ether oxygens (including phenoxy) is 1. The van der Waals surface area contributed by atoms with Gasteiger partial charge in [0, 0.05) is 30.8 Å². The Balaban J connectivity index is 1.46. The minimum absolute atomic E-state index is 0.431. The van der Waals surface area contributed by atoms with E-state index in [0.29, 0.717) is 5.92 Å². The Morgan fingerprint density at radius 2 is 2.24 bits per heavy atom. The number of hydrogen-bond acceptors (Lipinski definition) is 5. The molecule has 3 aromatic rings. The Morgan fingerprint density at radius 1 is 1.32 bits per heavy atom. The van der Waals surface area contributed by atoms with Gasteiger partial charge in [-0.15, -0.1) is 0 Å². The first-order chi connectivity index (χ1) is 12.3. The highest BCUT2D eigenvalue weighted by Gasteiger charge is 2.23. The molecule has 130 valence electrons. The van der Waals surface area contributed by atoms with Crippen molar-refractivity contribution in [1.29, 1.82) is 0 Å². The molecule has 1 aliphatic heterocycles. The van der Waals surface area contributed by atoms with Gasteiger partial charge in [-0.3, -0.25) is 10.00 Å². The first-order valence-corrected chi connectivity index (χ1v) is 8.58. The van der Waals surface area contributed by atoms with Gasteiger partial charge in [0.15, 0.2) is 0 Å². The molecule has 4 rings (SSSR count). The highest BCUT2D eigenvalue weighted by atomic mass is 16.5. The van der Waals surface area contributed by atoms with Crippen molar-refractivity contribution in [3.63, 3.8) is 0 Å². The van der Waals surface area contributed by atoms with E-state index in [-0.39, 0.29) is 0 Å². The van der Waals surface area contributed by atoms with Gasteiger partial charge in [-0.1, -0.05) is 12.1 Å². The second-order valence-electron chi connectivity index (χ2n) is 6.41. The Bertz CT molecular complexity index is 813. The van der Waals surface area contributed by atoms with Crippen molar-refractivity contribution in [1.82, 2.24) is 29.9 Å². The minimum atomic E-state index is 0.431. The van der Waals surface area contributed by atoms with E-state index in [2.05, 4.69) is 31.4 Å². The van der Waals surface area contributed by atoms with Gasteiger partial charge in [-0.2, -0.15) is 10.2 Å². The zero-order chi connectivity index (χ0) is 17.1. The normalized spacial score (nSPS) is 18.4. The average molecular weight is 338 g/mol. The van der Waals surface area contributed by atoms with E-state index >= 15 is 0 Å². The van der Waals surface area contributed by atoms with E-state index in [4.69, 9.17) is 4.74 Å². The van der Waals surface area contributed by atoms with Crippen molar-refractivity contribution < 1.29 is 4.74 Å². The standard InChI is InChI=1S/C18H22N6O/c1-25-17-7-3-2-6-16(17)24-11-14(9-21-24)10-23-8-4-5-15(12-23)18-19-13-20-22-18/h2-3,6-7,9,11,13,15H,4-5,8,10,12H2,1H3,(H,19,20,22). The maximum atomic E-state index is 5.43. The van der Waals surface area contributed by atoms with Crippen LogP contribution in [0.2, 0.25) is 0 Å². The lowest BCUT2D eigenvalue weighted by Crippen LogP contribution is -2.34. The Hall–Kier alpha value is -2.67. The number of nitrogens with one attached hydrogen (secondary N) is 1. The maximum absolute atomic E-state index is 5.43. The maximum Gasteiger partial charge on any atom is 0.144 e. The minimum Gasteiger partial charge on any atom is -0.494 e. The van der Waals surface area contributed by atoms with E-state index in [1.807, 2.05) is 35.1 Å². The van der Waals surface area contributed by atoms with Gasteiger partial charge in [0.2, 0.25) is 0 Å². The number of methoxy groups -OCH3 is 1. The molecule has 0 saturated carbocycles. The summed E-state index contributed by atoms with van der Waals surface area (Å²) in [5.74, 6) is 2.25. The van der Waals surface area contributed by atoms with Crippen molar-refractivity contribution in [3.05, 3.63) is 54.4 Å². The lowest BCUT2D eigenvalue weighted by Gasteiger charge is -2.31. The van der Waals surface area contributed by atoms with Gasteiger partial charge in [-0.25, -0.2) is 9.67 Å². The molecule has 1 N–H and O–H groups in total.